The van der Waals surface area contributed by atoms with Crippen LogP contribution in [0.5, 0.6) is 0 Å². The molecule has 1 heterocycles. The first-order valence-electron chi connectivity index (χ1n) is 4.46. The van der Waals surface area contributed by atoms with Crippen molar-refractivity contribution in [3.05, 3.63) is 18.0 Å². The number of aromatic nitrogens is 2. The van der Waals surface area contributed by atoms with E-state index in [1.165, 1.54) is 7.11 Å². The molecule has 1 saturated carbocycles. The summed E-state index contributed by atoms with van der Waals surface area (Å²) in [4.78, 5) is 11.0. The zero-order valence-electron chi connectivity index (χ0n) is 7.86. The summed E-state index contributed by atoms with van der Waals surface area (Å²) in [6, 6.07) is 1.81. The third-order valence-electron chi connectivity index (χ3n) is 2.79. The van der Waals surface area contributed by atoms with E-state index in [1.54, 1.807) is 6.20 Å². The van der Waals surface area contributed by atoms with Gasteiger partial charge in [0.2, 0.25) is 0 Å². The molecule has 0 spiro atoms. The Hall–Kier alpha value is -1.36. The van der Waals surface area contributed by atoms with Crippen LogP contribution in [0.4, 0.5) is 0 Å². The molecule has 14 heavy (non-hydrogen) atoms. The minimum Gasteiger partial charge on any atom is -0.479 e. The fourth-order valence-corrected chi connectivity index (χ4v) is 1.90. The Morgan fingerprint density at radius 1 is 1.79 bits per heavy atom. The number of carbonyl (C=O) groups is 1. The maximum atomic E-state index is 11.0. The minimum atomic E-state index is -0.917. The van der Waals surface area contributed by atoms with Crippen molar-refractivity contribution in [3.63, 3.8) is 0 Å². The van der Waals surface area contributed by atoms with Gasteiger partial charge in [-0.3, -0.25) is 5.10 Å². The lowest BCUT2D eigenvalue weighted by molar-refractivity contribution is -0.150. The van der Waals surface area contributed by atoms with Crippen LogP contribution in [0.25, 0.3) is 0 Å². The molecule has 0 aliphatic heterocycles. The van der Waals surface area contributed by atoms with Crippen molar-refractivity contribution in [1.29, 1.82) is 0 Å². The molecule has 1 unspecified atom stereocenters. The molecule has 1 atom stereocenters. The molecule has 1 aliphatic rings. The highest BCUT2D eigenvalue weighted by Gasteiger charge is 2.55. The number of ether oxygens (including phenoxy) is 1. The van der Waals surface area contributed by atoms with E-state index < -0.39 is 12.1 Å². The van der Waals surface area contributed by atoms with E-state index in [0.717, 1.165) is 18.5 Å². The molecule has 0 aromatic carbocycles. The van der Waals surface area contributed by atoms with E-state index in [4.69, 9.17) is 9.84 Å². The standard InChI is InChI=1S/C9H12N2O3/c1-14-7(8(12)13)9(3-4-9)6-2-5-10-11-6/h2,5,7H,3-4H2,1H3,(H,10,11)(H,12,13). The van der Waals surface area contributed by atoms with Gasteiger partial charge in [0.05, 0.1) is 0 Å². The highest BCUT2D eigenvalue weighted by atomic mass is 16.5. The third-order valence-corrected chi connectivity index (χ3v) is 2.79. The van der Waals surface area contributed by atoms with Crippen LogP contribution in [-0.2, 0) is 14.9 Å². The number of aliphatic carboxylic acids is 1. The lowest BCUT2D eigenvalue weighted by Gasteiger charge is -2.20. The number of carboxylic acid groups (broad SMARTS) is 1. The highest BCUT2D eigenvalue weighted by molar-refractivity contribution is 5.75. The monoisotopic (exact) mass is 196 g/mol. The fraction of sp³-hybridized carbons (Fsp3) is 0.556. The number of methoxy groups -OCH3 is 1. The van der Waals surface area contributed by atoms with Crippen LogP contribution in [0.1, 0.15) is 18.5 Å². The SMILES string of the molecule is COC(C(=O)O)C1(c2ccn[nH]2)CC1. The van der Waals surface area contributed by atoms with Crippen LogP contribution in [0.2, 0.25) is 0 Å². The van der Waals surface area contributed by atoms with Crippen molar-refractivity contribution in [2.24, 2.45) is 0 Å². The molecule has 0 bridgehead atoms. The highest BCUT2D eigenvalue weighted by Crippen LogP contribution is 2.51. The van der Waals surface area contributed by atoms with Gasteiger partial charge in [-0.1, -0.05) is 0 Å². The van der Waals surface area contributed by atoms with Crippen molar-refractivity contribution in [2.75, 3.05) is 7.11 Å². The van der Waals surface area contributed by atoms with E-state index in [9.17, 15) is 4.79 Å². The second-order valence-electron chi connectivity index (χ2n) is 3.58. The van der Waals surface area contributed by atoms with E-state index in [0.29, 0.717) is 0 Å². The Morgan fingerprint density at radius 3 is 2.86 bits per heavy atom. The molecular weight excluding hydrogens is 184 g/mol. The summed E-state index contributed by atoms with van der Waals surface area (Å²) in [6.45, 7) is 0. The molecule has 1 aromatic rings. The van der Waals surface area contributed by atoms with Crippen LogP contribution in [0.3, 0.4) is 0 Å². The van der Waals surface area contributed by atoms with Gasteiger partial charge in [-0.15, -0.1) is 0 Å². The normalized spacial score (nSPS) is 20.4. The van der Waals surface area contributed by atoms with E-state index in [1.807, 2.05) is 6.07 Å². The summed E-state index contributed by atoms with van der Waals surface area (Å²) in [5.41, 5.74) is 0.476. The van der Waals surface area contributed by atoms with Crippen molar-refractivity contribution >= 4 is 5.97 Å². The van der Waals surface area contributed by atoms with Gasteiger partial charge in [0.25, 0.3) is 0 Å². The summed E-state index contributed by atoms with van der Waals surface area (Å²) < 4.78 is 5.02. The lowest BCUT2D eigenvalue weighted by atomic mass is 9.95. The molecule has 5 heteroatoms. The smallest absolute Gasteiger partial charge is 0.333 e. The topological polar surface area (TPSA) is 75.2 Å². The summed E-state index contributed by atoms with van der Waals surface area (Å²) in [5.74, 6) is -0.917. The van der Waals surface area contributed by atoms with Gasteiger partial charge in [-0.05, 0) is 18.9 Å². The molecule has 1 fully saturated rings. The Kier molecular flexibility index (Phi) is 2.03. The number of rotatable bonds is 4. The van der Waals surface area contributed by atoms with Crippen LogP contribution >= 0.6 is 0 Å². The number of aromatic amines is 1. The first-order chi connectivity index (χ1) is 6.70. The molecule has 1 aliphatic carbocycles. The van der Waals surface area contributed by atoms with Gasteiger partial charge in [0.1, 0.15) is 0 Å². The molecule has 0 saturated heterocycles. The molecule has 0 amide bonds. The Morgan fingerprint density at radius 2 is 2.50 bits per heavy atom. The number of hydrogen-bond donors (Lipinski definition) is 2. The molecule has 2 N–H and O–H groups in total. The number of carboxylic acids is 1. The lowest BCUT2D eigenvalue weighted by Crippen LogP contribution is -2.36. The molecule has 0 radical (unpaired) electrons. The largest absolute Gasteiger partial charge is 0.479 e. The number of hydrogen-bond acceptors (Lipinski definition) is 3. The zero-order valence-corrected chi connectivity index (χ0v) is 7.86. The minimum absolute atomic E-state index is 0.378. The van der Waals surface area contributed by atoms with Gasteiger partial charge >= 0.3 is 5.97 Å². The van der Waals surface area contributed by atoms with Gasteiger partial charge in [-0.25, -0.2) is 4.79 Å². The molecule has 76 valence electrons. The maximum Gasteiger partial charge on any atom is 0.333 e. The summed E-state index contributed by atoms with van der Waals surface area (Å²) in [6.07, 6.45) is 2.52. The molecule has 2 rings (SSSR count). The van der Waals surface area contributed by atoms with Crippen LogP contribution < -0.4 is 0 Å². The molecule has 5 nitrogen and oxygen atoms in total. The van der Waals surface area contributed by atoms with Crippen LogP contribution in [-0.4, -0.2) is 34.5 Å². The number of H-pyrrole nitrogens is 1. The van der Waals surface area contributed by atoms with E-state index >= 15 is 0 Å². The van der Waals surface area contributed by atoms with Gasteiger partial charge in [0, 0.05) is 24.4 Å². The van der Waals surface area contributed by atoms with Crippen LogP contribution in [0, 0.1) is 0 Å². The maximum absolute atomic E-state index is 11.0. The van der Waals surface area contributed by atoms with Crippen molar-refractivity contribution in [2.45, 2.75) is 24.4 Å². The quantitative estimate of drug-likeness (QED) is 0.737. The first kappa shape index (κ1) is 9.21. The van der Waals surface area contributed by atoms with Gasteiger partial charge in [-0.2, -0.15) is 5.10 Å². The van der Waals surface area contributed by atoms with E-state index in [2.05, 4.69) is 10.2 Å². The first-order valence-corrected chi connectivity index (χ1v) is 4.46. The average Bonchev–Trinajstić information content (AvgIpc) is 2.76. The Balaban J connectivity index is 2.28. The Labute approximate surface area is 81.1 Å². The third kappa shape index (κ3) is 1.21. The van der Waals surface area contributed by atoms with Crippen molar-refractivity contribution in [1.82, 2.24) is 10.2 Å². The summed E-state index contributed by atoms with van der Waals surface area (Å²) >= 11 is 0. The zero-order chi connectivity index (χ0) is 10.2. The van der Waals surface area contributed by atoms with Crippen molar-refractivity contribution in [3.8, 4) is 0 Å². The average molecular weight is 196 g/mol. The van der Waals surface area contributed by atoms with Crippen molar-refractivity contribution < 1.29 is 14.6 Å². The number of nitrogens with one attached hydrogen (secondary N) is 1. The molecule has 1 aromatic heterocycles. The predicted molar refractivity (Wildman–Crippen MR) is 47.9 cm³/mol. The number of nitrogens with zero attached hydrogens (tertiary/aromatic N) is 1. The van der Waals surface area contributed by atoms with E-state index in [-0.39, 0.29) is 5.41 Å². The summed E-state index contributed by atoms with van der Waals surface area (Å²) in [7, 11) is 1.43. The second-order valence-corrected chi connectivity index (χ2v) is 3.58. The van der Waals surface area contributed by atoms with Gasteiger partial charge in [0.15, 0.2) is 6.10 Å². The Bertz CT molecular complexity index is 330. The predicted octanol–water partition coefficient (Wildman–Crippen LogP) is 0.541. The van der Waals surface area contributed by atoms with Crippen LogP contribution in [0.15, 0.2) is 12.3 Å². The summed E-state index contributed by atoms with van der Waals surface area (Å²) in [5, 5.41) is 15.6. The van der Waals surface area contributed by atoms with Gasteiger partial charge < -0.3 is 9.84 Å². The fourth-order valence-electron chi connectivity index (χ4n) is 1.90. The molecular formula is C9H12N2O3. The second kappa shape index (κ2) is 3.09.